The summed E-state index contributed by atoms with van der Waals surface area (Å²) in [6.07, 6.45) is 24.4. The molecule has 35 heavy (non-hydrogen) atoms. The first-order valence-corrected chi connectivity index (χ1v) is 15.3. The summed E-state index contributed by atoms with van der Waals surface area (Å²) >= 11 is 0. The molecule has 1 aliphatic heterocycles. The van der Waals surface area contributed by atoms with Crippen molar-refractivity contribution in [3.63, 3.8) is 0 Å². The van der Waals surface area contributed by atoms with E-state index in [2.05, 4.69) is 24.2 Å². The maximum Gasteiger partial charge on any atom is 0.223 e. The lowest BCUT2D eigenvalue weighted by Crippen LogP contribution is -2.48. The van der Waals surface area contributed by atoms with Gasteiger partial charge in [-0.3, -0.25) is 9.59 Å². The van der Waals surface area contributed by atoms with Crippen molar-refractivity contribution in [3.8, 4) is 0 Å². The molecule has 1 heterocycles. The second-order valence-corrected chi connectivity index (χ2v) is 11.5. The van der Waals surface area contributed by atoms with Crippen LogP contribution in [0.2, 0.25) is 0 Å². The zero-order valence-electron chi connectivity index (χ0n) is 23.3. The molecule has 204 valence electrons. The molecule has 1 aliphatic carbocycles. The van der Waals surface area contributed by atoms with Crippen molar-refractivity contribution in [2.24, 2.45) is 11.8 Å². The SMILES string of the molecule is CCCCCCCCCCCCCCCCCCNC(=O)C1CC(CC(=O)N2CCN(C)CC2)C1. The lowest BCUT2D eigenvalue weighted by atomic mass is 9.72. The van der Waals surface area contributed by atoms with E-state index in [0.717, 1.165) is 52.0 Å². The van der Waals surface area contributed by atoms with Crippen LogP contribution in [-0.4, -0.2) is 61.4 Å². The van der Waals surface area contributed by atoms with Gasteiger partial charge in [-0.2, -0.15) is 0 Å². The number of nitrogens with zero attached hydrogens (tertiary/aromatic N) is 2. The number of rotatable bonds is 20. The summed E-state index contributed by atoms with van der Waals surface area (Å²) in [6, 6.07) is 0. The second kappa shape index (κ2) is 19.1. The zero-order valence-corrected chi connectivity index (χ0v) is 23.3. The molecule has 0 radical (unpaired) electrons. The van der Waals surface area contributed by atoms with Gasteiger partial charge in [0.05, 0.1) is 0 Å². The van der Waals surface area contributed by atoms with Gasteiger partial charge in [-0.15, -0.1) is 0 Å². The smallest absolute Gasteiger partial charge is 0.223 e. The van der Waals surface area contributed by atoms with Crippen LogP contribution in [0.25, 0.3) is 0 Å². The van der Waals surface area contributed by atoms with E-state index < -0.39 is 0 Å². The van der Waals surface area contributed by atoms with Gasteiger partial charge in [0.25, 0.3) is 0 Å². The van der Waals surface area contributed by atoms with E-state index in [9.17, 15) is 9.59 Å². The topological polar surface area (TPSA) is 52.7 Å². The maximum absolute atomic E-state index is 12.4. The molecule has 2 amide bonds. The summed E-state index contributed by atoms with van der Waals surface area (Å²) in [6.45, 7) is 6.75. The fourth-order valence-corrected chi connectivity index (χ4v) is 5.58. The Hall–Kier alpha value is -1.10. The fourth-order valence-electron chi connectivity index (χ4n) is 5.58. The molecule has 0 aromatic heterocycles. The van der Waals surface area contributed by atoms with Gasteiger partial charge in [0, 0.05) is 45.1 Å². The van der Waals surface area contributed by atoms with E-state index in [1.807, 2.05) is 4.90 Å². The lowest BCUT2D eigenvalue weighted by Gasteiger charge is -2.37. The van der Waals surface area contributed by atoms with Gasteiger partial charge < -0.3 is 15.1 Å². The van der Waals surface area contributed by atoms with Crippen LogP contribution in [0.5, 0.6) is 0 Å². The van der Waals surface area contributed by atoms with E-state index in [1.54, 1.807) is 0 Å². The molecule has 2 fully saturated rings. The Balaban J connectivity index is 1.30. The molecular weight excluding hydrogens is 434 g/mol. The predicted molar refractivity (Wildman–Crippen MR) is 147 cm³/mol. The Kier molecular flexibility index (Phi) is 16.4. The van der Waals surface area contributed by atoms with E-state index in [4.69, 9.17) is 0 Å². The first kappa shape index (κ1) is 30.1. The quantitative estimate of drug-likeness (QED) is 0.196. The standard InChI is InChI=1S/C30H57N3O2/c1-3-4-5-6-7-8-9-10-11-12-13-14-15-16-17-18-19-31-30(35)28-24-27(25-28)26-29(34)33-22-20-32(2)21-23-33/h27-28H,3-26H2,1-2H3,(H,31,35). The Bertz CT molecular complexity index is 554. The van der Waals surface area contributed by atoms with Crippen molar-refractivity contribution >= 4 is 11.8 Å². The minimum Gasteiger partial charge on any atom is -0.356 e. The van der Waals surface area contributed by atoms with Gasteiger partial charge in [-0.05, 0) is 32.2 Å². The Morgan fingerprint density at radius 3 is 1.63 bits per heavy atom. The lowest BCUT2D eigenvalue weighted by molar-refractivity contribution is -0.137. The minimum absolute atomic E-state index is 0.140. The normalized spacial score (nSPS) is 20.6. The average molecular weight is 492 g/mol. The van der Waals surface area contributed by atoms with Gasteiger partial charge in [-0.25, -0.2) is 0 Å². The van der Waals surface area contributed by atoms with Crippen LogP contribution in [0.4, 0.5) is 0 Å². The summed E-state index contributed by atoms with van der Waals surface area (Å²) in [5, 5.41) is 3.14. The predicted octanol–water partition coefficient (Wildman–Crippen LogP) is 6.55. The van der Waals surface area contributed by atoms with E-state index in [1.165, 1.54) is 96.3 Å². The molecule has 2 rings (SSSR count). The molecule has 2 aliphatic rings. The van der Waals surface area contributed by atoms with E-state index in [-0.39, 0.29) is 17.7 Å². The first-order chi connectivity index (χ1) is 17.1. The number of piperazine rings is 1. The first-order valence-electron chi connectivity index (χ1n) is 15.3. The Morgan fingerprint density at radius 2 is 1.14 bits per heavy atom. The average Bonchev–Trinajstić information content (AvgIpc) is 2.83. The van der Waals surface area contributed by atoms with Crippen LogP contribution in [0, 0.1) is 11.8 Å². The molecule has 5 nitrogen and oxygen atoms in total. The van der Waals surface area contributed by atoms with Gasteiger partial charge in [0.15, 0.2) is 0 Å². The highest BCUT2D eigenvalue weighted by atomic mass is 16.2. The molecule has 1 saturated heterocycles. The van der Waals surface area contributed by atoms with E-state index in [0.29, 0.717) is 12.3 Å². The Morgan fingerprint density at radius 1 is 0.686 bits per heavy atom. The molecular formula is C30H57N3O2. The van der Waals surface area contributed by atoms with Crippen molar-refractivity contribution in [3.05, 3.63) is 0 Å². The molecule has 0 bridgehead atoms. The minimum atomic E-state index is 0.140. The molecule has 0 atom stereocenters. The molecule has 1 N–H and O–H groups in total. The number of carbonyl (C=O) groups is 2. The third kappa shape index (κ3) is 13.7. The number of likely N-dealkylation sites (N-methyl/N-ethyl adjacent to an activating group) is 1. The van der Waals surface area contributed by atoms with Gasteiger partial charge in [0.1, 0.15) is 0 Å². The van der Waals surface area contributed by atoms with Gasteiger partial charge in [-0.1, -0.05) is 103 Å². The summed E-state index contributed by atoms with van der Waals surface area (Å²) in [5.41, 5.74) is 0. The van der Waals surface area contributed by atoms with Crippen LogP contribution >= 0.6 is 0 Å². The number of unbranched alkanes of at least 4 members (excludes halogenated alkanes) is 15. The number of amides is 2. The van der Waals surface area contributed by atoms with Crippen molar-refractivity contribution < 1.29 is 9.59 Å². The van der Waals surface area contributed by atoms with Crippen molar-refractivity contribution in [1.29, 1.82) is 0 Å². The number of hydrogen-bond acceptors (Lipinski definition) is 3. The molecule has 1 saturated carbocycles. The highest BCUT2D eigenvalue weighted by Crippen LogP contribution is 2.36. The number of carbonyl (C=O) groups excluding carboxylic acids is 2. The maximum atomic E-state index is 12.4. The highest BCUT2D eigenvalue weighted by Gasteiger charge is 2.36. The molecule has 0 spiro atoms. The summed E-state index contributed by atoms with van der Waals surface area (Å²) in [7, 11) is 2.11. The fraction of sp³-hybridized carbons (Fsp3) is 0.933. The van der Waals surface area contributed by atoms with Crippen LogP contribution < -0.4 is 5.32 Å². The monoisotopic (exact) mass is 491 g/mol. The highest BCUT2D eigenvalue weighted by molar-refractivity contribution is 5.80. The molecule has 0 aromatic rings. The van der Waals surface area contributed by atoms with Crippen molar-refractivity contribution in [2.45, 2.75) is 129 Å². The molecule has 5 heteroatoms. The third-order valence-corrected chi connectivity index (χ3v) is 8.26. The number of nitrogens with one attached hydrogen (secondary N) is 1. The zero-order chi connectivity index (χ0) is 25.1. The van der Waals surface area contributed by atoms with Gasteiger partial charge in [0.2, 0.25) is 11.8 Å². The Labute approximate surface area is 217 Å². The van der Waals surface area contributed by atoms with E-state index >= 15 is 0 Å². The summed E-state index contributed by atoms with van der Waals surface area (Å²) < 4.78 is 0. The van der Waals surface area contributed by atoms with Crippen LogP contribution in [0.1, 0.15) is 129 Å². The second-order valence-electron chi connectivity index (χ2n) is 11.5. The molecule has 0 unspecified atom stereocenters. The largest absolute Gasteiger partial charge is 0.356 e. The summed E-state index contributed by atoms with van der Waals surface area (Å²) in [5.74, 6) is 1.05. The van der Waals surface area contributed by atoms with Gasteiger partial charge >= 0.3 is 0 Å². The van der Waals surface area contributed by atoms with Crippen LogP contribution in [-0.2, 0) is 9.59 Å². The van der Waals surface area contributed by atoms with Crippen molar-refractivity contribution in [2.75, 3.05) is 39.8 Å². The van der Waals surface area contributed by atoms with Crippen molar-refractivity contribution in [1.82, 2.24) is 15.1 Å². The van der Waals surface area contributed by atoms with Crippen LogP contribution in [0.3, 0.4) is 0 Å². The number of hydrogen-bond donors (Lipinski definition) is 1. The summed E-state index contributed by atoms with van der Waals surface area (Å²) in [4.78, 5) is 29.1. The van der Waals surface area contributed by atoms with Crippen LogP contribution in [0.15, 0.2) is 0 Å². The third-order valence-electron chi connectivity index (χ3n) is 8.26. The molecule has 0 aromatic carbocycles.